The summed E-state index contributed by atoms with van der Waals surface area (Å²) in [5.74, 6) is -0.442. The fourth-order valence-electron chi connectivity index (χ4n) is 1.85. The van der Waals surface area contributed by atoms with Gasteiger partial charge in [0.05, 0.1) is 16.8 Å². The number of aryl methyl sites for hydroxylation is 1. The van der Waals surface area contributed by atoms with Gasteiger partial charge in [-0.3, -0.25) is 9.40 Å². The molecule has 0 aliphatic heterocycles. The molecule has 0 bridgehead atoms. The summed E-state index contributed by atoms with van der Waals surface area (Å²) in [5.41, 5.74) is 0.668. The average Bonchev–Trinajstić information content (AvgIpc) is 2.88. The maximum absolute atomic E-state index is 13.6. The van der Waals surface area contributed by atoms with Gasteiger partial charge in [-0.05, 0) is 32.2 Å². The summed E-state index contributed by atoms with van der Waals surface area (Å²) in [5, 5.41) is 6.79. The van der Waals surface area contributed by atoms with E-state index in [0.717, 1.165) is 6.07 Å². The lowest BCUT2D eigenvalue weighted by Gasteiger charge is -2.08. The van der Waals surface area contributed by atoms with E-state index in [1.165, 1.54) is 18.3 Å². The normalized spacial score (nSPS) is 11.6. The first-order chi connectivity index (χ1) is 9.96. The molecule has 21 heavy (non-hydrogen) atoms. The molecular formula is C13H17FN4O2S. The molecule has 0 spiro atoms. The highest BCUT2D eigenvalue weighted by atomic mass is 32.2. The van der Waals surface area contributed by atoms with Crippen molar-refractivity contribution in [1.29, 1.82) is 0 Å². The predicted octanol–water partition coefficient (Wildman–Crippen LogP) is 1.56. The Labute approximate surface area is 123 Å². The number of hydrogen-bond acceptors (Lipinski definition) is 4. The second-order valence-electron chi connectivity index (χ2n) is 4.47. The third kappa shape index (κ3) is 3.59. The smallest absolute Gasteiger partial charge is 0.262 e. The monoisotopic (exact) mass is 312 g/mol. The molecule has 1 aromatic heterocycles. The van der Waals surface area contributed by atoms with Crippen molar-refractivity contribution in [3.8, 4) is 0 Å². The summed E-state index contributed by atoms with van der Waals surface area (Å²) in [6.45, 7) is 2.79. The molecule has 0 saturated heterocycles. The maximum Gasteiger partial charge on any atom is 0.262 e. The highest BCUT2D eigenvalue weighted by molar-refractivity contribution is 7.92. The molecule has 2 rings (SSSR count). The molecule has 6 nitrogen and oxygen atoms in total. The molecule has 1 heterocycles. The number of benzene rings is 1. The third-order valence-electron chi connectivity index (χ3n) is 2.90. The van der Waals surface area contributed by atoms with Gasteiger partial charge in [0.15, 0.2) is 0 Å². The van der Waals surface area contributed by atoms with Crippen molar-refractivity contribution in [3.05, 3.63) is 42.0 Å². The van der Waals surface area contributed by atoms with Gasteiger partial charge in [0.25, 0.3) is 10.0 Å². The average molecular weight is 312 g/mol. The highest BCUT2D eigenvalue weighted by Crippen LogP contribution is 2.18. The summed E-state index contributed by atoms with van der Waals surface area (Å²) in [4.78, 5) is 0.0124. The SMILES string of the molecule is CCn1cc(NS(=O)(=O)c2ccc(F)c(CNC)c2)cn1. The van der Waals surface area contributed by atoms with Crippen LogP contribution in [0.3, 0.4) is 0 Å². The van der Waals surface area contributed by atoms with Gasteiger partial charge in [-0.1, -0.05) is 0 Å². The van der Waals surface area contributed by atoms with Gasteiger partial charge in [0.2, 0.25) is 0 Å². The first-order valence-corrected chi connectivity index (χ1v) is 7.93. The summed E-state index contributed by atoms with van der Waals surface area (Å²) in [7, 11) is -2.10. The molecule has 0 radical (unpaired) electrons. The predicted molar refractivity (Wildman–Crippen MR) is 77.9 cm³/mol. The Morgan fingerprint density at radius 1 is 1.38 bits per heavy atom. The lowest BCUT2D eigenvalue weighted by atomic mass is 10.2. The van der Waals surface area contributed by atoms with E-state index in [0.29, 0.717) is 17.8 Å². The number of aromatic nitrogens is 2. The minimum absolute atomic E-state index is 0.0124. The number of rotatable bonds is 6. The standard InChI is InChI=1S/C13H17FN4O2S/c1-3-18-9-11(8-16-18)17-21(19,20)12-4-5-13(14)10(6-12)7-15-2/h4-6,8-9,15,17H,3,7H2,1-2H3. The minimum Gasteiger partial charge on any atom is -0.316 e. The van der Waals surface area contributed by atoms with E-state index in [1.54, 1.807) is 17.9 Å². The van der Waals surface area contributed by atoms with E-state index in [9.17, 15) is 12.8 Å². The van der Waals surface area contributed by atoms with Crippen LogP contribution in [0.4, 0.5) is 10.1 Å². The quantitative estimate of drug-likeness (QED) is 0.849. The van der Waals surface area contributed by atoms with Crippen LogP contribution in [0.2, 0.25) is 0 Å². The number of nitrogens with zero attached hydrogens (tertiary/aromatic N) is 2. The van der Waals surface area contributed by atoms with Crippen LogP contribution in [0.5, 0.6) is 0 Å². The van der Waals surface area contributed by atoms with Crippen LogP contribution in [-0.4, -0.2) is 25.2 Å². The number of hydrogen-bond donors (Lipinski definition) is 2. The fraction of sp³-hybridized carbons (Fsp3) is 0.308. The first-order valence-electron chi connectivity index (χ1n) is 6.44. The van der Waals surface area contributed by atoms with Crippen LogP contribution >= 0.6 is 0 Å². The Hall–Kier alpha value is -1.93. The zero-order valence-electron chi connectivity index (χ0n) is 11.8. The molecule has 0 unspecified atom stereocenters. The van der Waals surface area contributed by atoms with Crippen LogP contribution in [0.25, 0.3) is 0 Å². The van der Waals surface area contributed by atoms with Gasteiger partial charge in [-0.2, -0.15) is 5.10 Å². The minimum atomic E-state index is -3.76. The molecule has 2 aromatic rings. The van der Waals surface area contributed by atoms with Gasteiger partial charge >= 0.3 is 0 Å². The van der Waals surface area contributed by atoms with Gasteiger partial charge in [0, 0.05) is 24.8 Å². The lowest BCUT2D eigenvalue weighted by Crippen LogP contribution is -2.14. The van der Waals surface area contributed by atoms with E-state index >= 15 is 0 Å². The second-order valence-corrected chi connectivity index (χ2v) is 6.16. The molecule has 0 atom stereocenters. The Kier molecular flexibility index (Phi) is 4.59. The number of halogens is 1. The van der Waals surface area contributed by atoms with Crippen molar-refractivity contribution in [1.82, 2.24) is 15.1 Å². The molecular weight excluding hydrogens is 295 g/mol. The van der Waals surface area contributed by atoms with Crippen molar-refractivity contribution in [2.75, 3.05) is 11.8 Å². The van der Waals surface area contributed by atoms with E-state index in [2.05, 4.69) is 15.1 Å². The number of anilines is 1. The van der Waals surface area contributed by atoms with Crippen LogP contribution in [0.15, 0.2) is 35.5 Å². The van der Waals surface area contributed by atoms with Gasteiger partial charge in [-0.15, -0.1) is 0 Å². The van der Waals surface area contributed by atoms with E-state index in [4.69, 9.17) is 0 Å². The molecule has 114 valence electrons. The van der Waals surface area contributed by atoms with E-state index in [-0.39, 0.29) is 11.4 Å². The number of sulfonamides is 1. The molecule has 0 saturated carbocycles. The van der Waals surface area contributed by atoms with Crippen molar-refractivity contribution in [2.45, 2.75) is 24.9 Å². The zero-order chi connectivity index (χ0) is 15.5. The Morgan fingerprint density at radius 3 is 2.76 bits per heavy atom. The number of nitrogens with one attached hydrogen (secondary N) is 2. The van der Waals surface area contributed by atoms with Crippen LogP contribution < -0.4 is 10.0 Å². The Balaban J connectivity index is 2.28. The van der Waals surface area contributed by atoms with Crippen LogP contribution in [-0.2, 0) is 23.1 Å². The Morgan fingerprint density at radius 2 is 2.14 bits per heavy atom. The highest BCUT2D eigenvalue weighted by Gasteiger charge is 2.17. The van der Waals surface area contributed by atoms with Gasteiger partial charge in [-0.25, -0.2) is 12.8 Å². The van der Waals surface area contributed by atoms with E-state index in [1.807, 2.05) is 6.92 Å². The summed E-state index contributed by atoms with van der Waals surface area (Å²) >= 11 is 0. The van der Waals surface area contributed by atoms with Crippen molar-refractivity contribution >= 4 is 15.7 Å². The van der Waals surface area contributed by atoms with Crippen LogP contribution in [0, 0.1) is 5.82 Å². The summed E-state index contributed by atoms with van der Waals surface area (Å²) < 4.78 is 42.1. The summed E-state index contributed by atoms with van der Waals surface area (Å²) in [6.07, 6.45) is 3.02. The first kappa shape index (κ1) is 15.5. The molecule has 0 amide bonds. The molecule has 8 heteroatoms. The lowest BCUT2D eigenvalue weighted by molar-refractivity contribution is 0.591. The van der Waals surface area contributed by atoms with E-state index < -0.39 is 15.8 Å². The third-order valence-corrected chi connectivity index (χ3v) is 4.28. The molecule has 0 aliphatic rings. The molecule has 1 aromatic carbocycles. The van der Waals surface area contributed by atoms with Crippen molar-refractivity contribution < 1.29 is 12.8 Å². The maximum atomic E-state index is 13.6. The largest absolute Gasteiger partial charge is 0.316 e. The van der Waals surface area contributed by atoms with Crippen LogP contribution in [0.1, 0.15) is 12.5 Å². The Bertz CT molecular complexity index is 728. The molecule has 0 aliphatic carbocycles. The topological polar surface area (TPSA) is 76.0 Å². The summed E-state index contributed by atoms with van der Waals surface area (Å²) in [6, 6.07) is 3.70. The van der Waals surface area contributed by atoms with Gasteiger partial charge < -0.3 is 5.32 Å². The molecule has 0 fully saturated rings. The fourth-order valence-corrected chi connectivity index (χ4v) is 2.93. The van der Waals surface area contributed by atoms with Crippen molar-refractivity contribution in [2.24, 2.45) is 0 Å². The second kappa shape index (κ2) is 6.23. The van der Waals surface area contributed by atoms with Crippen molar-refractivity contribution in [3.63, 3.8) is 0 Å². The molecule has 2 N–H and O–H groups in total. The zero-order valence-corrected chi connectivity index (χ0v) is 12.6. The van der Waals surface area contributed by atoms with Gasteiger partial charge in [0.1, 0.15) is 5.82 Å².